The summed E-state index contributed by atoms with van der Waals surface area (Å²) in [6, 6.07) is 5.18. The van der Waals surface area contributed by atoms with Crippen LogP contribution in [0.2, 0.25) is 0 Å². The van der Waals surface area contributed by atoms with Crippen LogP contribution in [0.25, 0.3) is 5.57 Å². The normalized spacial score (nSPS) is 21.8. The summed E-state index contributed by atoms with van der Waals surface area (Å²) in [6.07, 6.45) is 4.22. The highest BCUT2D eigenvalue weighted by molar-refractivity contribution is 6.08. The number of hydrogen-bond donors (Lipinski definition) is 5. The van der Waals surface area contributed by atoms with Gasteiger partial charge in [0.05, 0.1) is 24.5 Å². The first-order chi connectivity index (χ1) is 14.0. The minimum absolute atomic E-state index is 0.310. The van der Waals surface area contributed by atoms with Crippen LogP contribution in [0.4, 0.5) is 10.1 Å². The summed E-state index contributed by atoms with van der Waals surface area (Å²) in [5.74, 6) is -0.398. The van der Waals surface area contributed by atoms with Crippen molar-refractivity contribution in [2.24, 2.45) is 5.73 Å². The summed E-state index contributed by atoms with van der Waals surface area (Å²) >= 11 is 0. The third kappa shape index (κ3) is 5.35. The van der Waals surface area contributed by atoms with E-state index in [1.807, 2.05) is 0 Å². The first-order valence-corrected chi connectivity index (χ1v) is 9.96. The molecule has 1 saturated heterocycles. The van der Waals surface area contributed by atoms with Crippen molar-refractivity contribution in [2.75, 3.05) is 45.7 Å². The average Bonchev–Trinajstić information content (AvgIpc) is 3.22. The molecular weight excluding hydrogens is 371 g/mol. The molecule has 2 aliphatic rings. The fraction of sp³-hybridized carbons (Fsp3) is 0.476. The topological polar surface area (TPSA) is 98.4 Å². The van der Waals surface area contributed by atoms with Gasteiger partial charge in [-0.2, -0.15) is 0 Å². The lowest BCUT2D eigenvalue weighted by atomic mass is 10.0. The molecule has 2 heterocycles. The van der Waals surface area contributed by atoms with Crippen molar-refractivity contribution in [1.82, 2.24) is 15.5 Å². The lowest BCUT2D eigenvalue weighted by Crippen LogP contribution is -2.44. The SMILES string of the molecule is CN/C=C(\C=N)c1ccc(NC(N)C2=C(NC3CCOC3)CCN(C)C2)c(F)c1. The highest BCUT2D eigenvalue weighted by Gasteiger charge is 2.25. The van der Waals surface area contributed by atoms with E-state index in [4.69, 9.17) is 15.9 Å². The maximum absolute atomic E-state index is 14.7. The lowest BCUT2D eigenvalue weighted by molar-refractivity contribution is 0.190. The zero-order chi connectivity index (χ0) is 20.8. The molecule has 0 saturated carbocycles. The van der Waals surface area contributed by atoms with Crippen LogP contribution in [0.1, 0.15) is 18.4 Å². The molecule has 2 unspecified atom stereocenters. The van der Waals surface area contributed by atoms with E-state index in [2.05, 4.69) is 27.9 Å². The summed E-state index contributed by atoms with van der Waals surface area (Å²) in [5.41, 5.74) is 10.2. The Morgan fingerprint density at radius 2 is 2.28 bits per heavy atom. The van der Waals surface area contributed by atoms with Crippen LogP contribution in [0.5, 0.6) is 0 Å². The van der Waals surface area contributed by atoms with E-state index in [1.54, 1.807) is 25.4 Å². The second-order valence-corrected chi connectivity index (χ2v) is 7.55. The molecule has 1 aromatic rings. The van der Waals surface area contributed by atoms with Gasteiger partial charge in [-0.3, -0.25) is 0 Å². The monoisotopic (exact) mass is 402 g/mol. The minimum Gasteiger partial charge on any atom is -0.393 e. The van der Waals surface area contributed by atoms with Gasteiger partial charge in [0.15, 0.2) is 0 Å². The van der Waals surface area contributed by atoms with E-state index in [9.17, 15) is 4.39 Å². The van der Waals surface area contributed by atoms with E-state index in [-0.39, 0.29) is 0 Å². The molecule has 0 spiro atoms. The smallest absolute Gasteiger partial charge is 0.146 e. The molecule has 0 radical (unpaired) electrons. The fourth-order valence-electron chi connectivity index (χ4n) is 3.70. The number of halogens is 1. The summed E-state index contributed by atoms with van der Waals surface area (Å²) in [6.45, 7) is 3.18. The zero-order valence-electron chi connectivity index (χ0n) is 17.1. The maximum Gasteiger partial charge on any atom is 0.146 e. The standard InChI is InChI=1S/C21H31FN6O/c1-25-11-15(10-23)14-3-4-20(18(22)9-14)27-21(24)17-12-28(2)7-5-19(17)26-16-6-8-29-13-16/h3-4,9-11,16,21,23,25-27H,5-8,12-13,24H2,1-2H3/b15-11+,23-10?. The van der Waals surface area contributed by atoms with Crippen LogP contribution in [0.3, 0.4) is 0 Å². The van der Waals surface area contributed by atoms with E-state index in [0.29, 0.717) is 29.5 Å². The number of anilines is 1. The Kier molecular flexibility index (Phi) is 7.24. The van der Waals surface area contributed by atoms with E-state index in [1.165, 1.54) is 12.3 Å². The van der Waals surface area contributed by atoms with Gasteiger partial charge in [0.1, 0.15) is 5.82 Å². The van der Waals surface area contributed by atoms with E-state index in [0.717, 1.165) is 43.8 Å². The van der Waals surface area contributed by atoms with Crippen LogP contribution >= 0.6 is 0 Å². The van der Waals surface area contributed by atoms with Gasteiger partial charge >= 0.3 is 0 Å². The lowest BCUT2D eigenvalue weighted by Gasteiger charge is -2.33. The number of hydrogen-bond acceptors (Lipinski definition) is 7. The molecule has 2 atom stereocenters. The van der Waals surface area contributed by atoms with Crippen molar-refractivity contribution in [2.45, 2.75) is 25.0 Å². The molecule has 158 valence electrons. The Labute approximate surface area is 171 Å². The molecule has 0 bridgehead atoms. The van der Waals surface area contributed by atoms with Crippen molar-refractivity contribution >= 4 is 17.5 Å². The molecule has 6 N–H and O–H groups in total. The quantitative estimate of drug-likeness (QED) is 0.335. The van der Waals surface area contributed by atoms with Crippen molar-refractivity contribution in [3.63, 3.8) is 0 Å². The summed E-state index contributed by atoms with van der Waals surface area (Å²) in [4.78, 5) is 2.21. The third-order valence-corrected chi connectivity index (χ3v) is 5.32. The van der Waals surface area contributed by atoms with E-state index >= 15 is 0 Å². The van der Waals surface area contributed by atoms with Gasteiger partial charge in [0.25, 0.3) is 0 Å². The highest BCUT2D eigenvalue weighted by Crippen LogP contribution is 2.24. The molecule has 0 aliphatic carbocycles. The Morgan fingerprint density at radius 3 is 2.93 bits per heavy atom. The third-order valence-electron chi connectivity index (χ3n) is 5.32. The number of nitrogens with one attached hydrogen (secondary N) is 4. The van der Waals surface area contributed by atoms with Gasteiger partial charge in [0, 0.05) is 50.4 Å². The van der Waals surface area contributed by atoms with Crippen molar-refractivity contribution in [3.8, 4) is 0 Å². The maximum atomic E-state index is 14.7. The molecular formula is C21H31FN6O. The summed E-state index contributed by atoms with van der Waals surface area (Å²) in [7, 11) is 3.80. The minimum atomic E-state index is -0.502. The summed E-state index contributed by atoms with van der Waals surface area (Å²) in [5, 5.41) is 17.1. The van der Waals surface area contributed by atoms with Gasteiger partial charge in [-0.05, 0) is 43.2 Å². The zero-order valence-corrected chi connectivity index (χ0v) is 17.1. The largest absolute Gasteiger partial charge is 0.393 e. The average molecular weight is 403 g/mol. The number of nitrogens with zero attached hydrogens (tertiary/aromatic N) is 1. The molecule has 1 fully saturated rings. The van der Waals surface area contributed by atoms with Gasteiger partial charge in [-0.1, -0.05) is 6.07 Å². The number of allylic oxidation sites excluding steroid dienone is 1. The fourth-order valence-corrected chi connectivity index (χ4v) is 3.70. The predicted octanol–water partition coefficient (Wildman–Crippen LogP) is 1.70. The highest BCUT2D eigenvalue weighted by atomic mass is 19.1. The van der Waals surface area contributed by atoms with Crippen LogP contribution < -0.4 is 21.7 Å². The molecule has 0 amide bonds. The van der Waals surface area contributed by atoms with Crippen molar-refractivity contribution in [1.29, 1.82) is 5.41 Å². The number of nitrogens with two attached hydrogens (primary N) is 1. The molecule has 8 heteroatoms. The Bertz CT molecular complexity index is 787. The predicted molar refractivity (Wildman–Crippen MR) is 115 cm³/mol. The first kappa shape index (κ1) is 21.3. The first-order valence-electron chi connectivity index (χ1n) is 9.96. The Morgan fingerprint density at radius 1 is 1.45 bits per heavy atom. The molecule has 1 aromatic carbocycles. The molecule has 7 nitrogen and oxygen atoms in total. The van der Waals surface area contributed by atoms with Crippen LogP contribution in [0.15, 0.2) is 35.7 Å². The van der Waals surface area contributed by atoms with Gasteiger partial charge in [-0.15, -0.1) is 0 Å². The summed E-state index contributed by atoms with van der Waals surface area (Å²) < 4.78 is 20.2. The van der Waals surface area contributed by atoms with Crippen LogP contribution in [0, 0.1) is 11.2 Å². The molecule has 3 rings (SSSR count). The number of likely N-dealkylation sites (N-methyl/N-ethyl adjacent to an activating group) is 1. The molecule has 29 heavy (non-hydrogen) atoms. The number of ether oxygens (including phenoxy) is 1. The van der Waals surface area contributed by atoms with Crippen molar-refractivity contribution in [3.05, 3.63) is 47.0 Å². The Hall–Kier alpha value is -2.42. The van der Waals surface area contributed by atoms with Crippen LogP contribution in [-0.4, -0.2) is 63.7 Å². The number of benzene rings is 1. The van der Waals surface area contributed by atoms with Gasteiger partial charge in [-0.25, -0.2) is 4.39 Å². The van der Waals surface area contributed by atoms with Crippen molar-refractivity contribution < 1.29 is 9.13 Å². The second kappa shape index (κ2) is 9.87. The van der Waals surface area contributed by atoms with Gasteiger partial charge < -0.3 is 36.7 Å². The van der Waals surface area contributed by atoms with Gasteiger partial charge in [0.2, 0.25) is 0 Å². The number of rotatable bonds is 8. The van der Waals surface area contributed by atoms with E-state index < -0.39 is 12.0 Å². The molecule has 0 aromatic heterocycles. The Balaban J connectivity index is 1.77. The molecule has 2 aliphatic heterocycles. The second-order valence-electron chi connectivity index (χ2n) is 7.55. The van der Waals surface area contributed by atoms with Crippen LogP contribution in [-0.2, 0) is 4.74 Å².